The van der Waals surface area contributed by atoms with Crippen molar-refractivity contribution < 1.29 is 4.74 Å². The van der Waals surface area contributed by atoms with Gasteiger partial charge in [-0.1, -0.05) is 36.4 Å². The van der Waals surface area contributed by atoms with Crippen molar-refractivity contribution in [3.05, 3.63) is 71.6 Å². The molecule has 1 fully saturated rings. The van der Waals surface area contributed by atoms with Crippen molar-refractivity contribution in [2.24, 2.45) is 0 Å². The Kier molecular flexibility index (Phi) is 5.67. The minimum absolute atomic E-state index is 0.187. The molecule has 1 unspecified atom stereocenters. The fourth-order valence-corrected chi connectivity index (χ4v) is 4.50. The molecule has 1 aromatic heterocycles. The first-order valence-electron chi connectivity index (χ1n) is 11.0. The van der Waals surface area contributed by atoms with E-state index in [1.54, 1.807) is 0 Å². The van der Waals surface area contributed by atoms with E-state index in [0.717, 1.165) is 62.3 Å². The van der Waals surface area contributed by atoms with Gasteiger partial charge < -0.3 is 19.9 Å². The maximum Gasteiger partial charge on any atom is 0.141 e. The van der Waals surface area contributed by atoms with Crippen molar-refractivity contribution in [1.29, 1.82) is 0 Å². The van der Waals surface area contributed by atoms with Crippen LogP contribution < -0.4 is 5.32 Å². The second-order valence-corrected chi connectivity index (χ2v) is 8.47. The van der Waals surface area contributed by atoms with Crippen molar-refractivity contribution >= 4 is 16.6 Å². The number of rotatable bonds is 5. The van der Waals surface area contributed by atoms with Crippen LogP contribution in [0.15, 0.2) is 54.6 Å². The number of aromatic amines is 1. The molecule has 5 nitrogen and oxygen atoms in total. The summed E-state index contributed by atoms with van der Waals surface area (Å²) in [6, 6.07) is 17.0. The molecule has 1 saturated heterocycles. The molecule has 0 aliphatic carbocycles. The number of imidazole rings is 1. The topological polar surface area (TPSA) is 53.2 Å². The third-order valence-electron chi connectivity index (χ3n) is 6.27. The number of hydrogen-bond donors (Lipinski definition) is 2. The zero-order chi connectivity index (χ0) is 20.3. The number of nitrogens with zero attached hydrogens (tertiary/aromatic N) is 2. The summed E-state index contributed by atoms with van der Waals surface area (Å²) >= 11 is 0. The molecular weight excluding hydrogens is 372 g/mol. The summed E-state index contributed by atoms with van der Waals surface area (Å²) in [5.41, 5.74) is 5.92. The average Bonchev–Trinajstić information content (AvgIpc) is 3.23. The molecule has 156 valence electrons. The molecule has 2 aliphatic rings. The van der Waals surface area contributed by atoms with Gasteiger partial charge in [0, 0.05) is 19.6 Å². The lowest BCUT2D eigenvalue weighted by Gasteiger charge is -2.31. The van der Waals surface area contributed by atoms with Gasteiger partial charge in [-0.05, 0) is 67.8 Å². The molecular formula is C25H30N4O. The van der Waals surface area contributed by atoms with Crippen LogP contribution in [0.4, 0.5) is 0 Å². The first kappa shape index (κ1) is 19.5. The molecule has 3 aromatic rings. The predicted octanol–water partition coefficient (Wildman–Crippen LogP) is 4.14. The number of aromatic nitrogens is 2. The Bertz CT molecular complexity index is 999. The van der Waals surface area contributed by atoms with Gasteiger partial charge in [-0.2, -0.15) is 0 Å². The van der Waals surface area contributed by atoms with E-state index in [1.807, 2.05) is 12.1 Å². The second-order valence-electron chi connectivity index (χ2n) is 8.47. The zero-order valence-corrected chi connectivity index (χ0v) is 17.6. The van der Waals surface area contributed by atoms with Crippen LogP contribution in [0.3, 0.4) is 0 Å². The number of hydrogen-bond acceptors (Lipinski definition) is 4. The highest BCUT2D eigenvalue weighted by Crippen LogP contribution is 2.32. The maximum absolute atomic E-state index is 6.73. The maximum atomic E-state index is 6.73. The monoisotopic (exact) mass is 402 g/mol. The highest BCUT2D eigenvalue weighted by molar-refractivity contribution is 5.75. The summed E-state index contributed by atoms with van der Waals surface area (Å²) in [6.07, 6.45) is 5.55. The van der Waals surface area contributed by atoms with Gasteiger partial charge in [0.1, 0.15) is 11.9 Å². The Morgan fingerprint density at radius 2 is 1.97 bits per heavy atom. The molecule has 2 aliphatic heterocycles. The van der Waals surface area contributed by atoms with Gasteiger partial charge in [0.25, 0.3) is 0 Å². The number of fused-ring (bicyclic) bond motifs is 1. The summed E-state index contributed by atoms with van der Waals surface area (Å²) in [7, 11) is 2.18. The van der Waals surface area contributed by atoms with Crippen molar-refractivity contribution in [3.8, 4) is 0 Å². The Morgan fingerprint density at radius 3 is 2.77 bits per heavy atom. The first-order chi connectivity index (χ1) is 14.8. The highest BCUT2D eigenvalue weighted by Gasteiger charge is 2.26. The van der Waals surface area contributed by atoms with Crippen LogP contribution in [0.25, 0.3) is 16.6 Å². The van der Waals surface area contributed by atoms with E-state index in [1.165, 1.54) is 16.7 Å². The van der Waals surface area contributed by atoms with Gasteiger partial charge in [-0.15, -0.1) is 0 Å². The fourth-order valence-electron chi connectivity index (χ4n) is 4.50. The van der Waals surface area contributed by atoms with Crippen LogP contribution in [0, 0.1) is 0 Å². The predicted molar refractivity (Wildman–Crippen MR) is 121 cm³/mol. The van der Waals surface area contributed by atoms with E-state index in [9.17, 15) is 0 Å². The van der Waals surface area contributed by atoms with Gasteiger partial charge in [-0.25, -0.2) is 4.98 Å². The number of likely N-dealkylation sites (tertiary alicyclic amines) is 1. The lowest BCUT2D eigenvalue weighted by molar-refractivity contribution is -0.0264. The molecule has 1 atom stereocenters. The molecule has 5 rings (SSSR count). The average molecular weight is 403 g/mol. The normalized spacial score (nSPS) is 19.7. The number of nitrogens with one attached hydrogen (secondary N) is 2. The van der Waals surface area contributed by atoms with Crippen molar-refractivity contribution in [2.75, 3.05) is 33.2 Å². The van der Waals surface area contributed by atoms with Gasteiger partial charge in [0.15, 0.2) is 0 Å². The molecule has 2 aromatic carbocycles. The van der Waals surface area contributed by atoms with Crippen LogP contribution in [0.2, 0.25) is 0 Å². The van der Waals surface area contributed by atoms with Gasteiger partial charge in [0.2, 0.25) is 0 Å². The molecule has 0 bridgehead atoms. The fraction of sp³-hybridized carbons (Fsp3) is 0.400. The highest BCUT2D eigenvalue weighted by atomic mass is 16.5. The third kappa shape index (κ3) is 4.19. The summed E-state index contributed by atoms with van der Waals surface area (Å²) in [5.74, 6) is 0.895. The minimum atomic E-state index is -0.187. The van der Waals surface area contributed by atoms with Gasteiger partial charge in [0.05, 0.1) is 17.1 Å². The standard InChI is InChI=1S/C25H30N4O/c1-29-15-11-21(12-16-29)30-24(25-27-22-7-2-3-8-23(22)28-25)20-6-4-5-19(17-20)18-9-13-26-14-10-18/h2-9,17,21,24,26H,10-16H2,1H3,(H,27,28). The van der Waals surface area contributed by atoms with E-state index in [2.05, 4.69) is 64.7 Å². The first-order valence-corrected chi connectivity index (χ1v) is 11.0. The molecule has 0 amide bonds. The summed E-state index contributed by atoms with van der Waals surface area (Å²) in [5, 5.41) is 3.40. The molecule has 30 heavy (non-hydrogen) atoms. The molecule has 2 N–H and O–H groups in total. The number of para-hydroxylation sites is 2. The van der Waals surface area contributed by atoms with Crippen LogP contribution in [-0.2, 0) is 4.74 Å². The minimum Gasteiger partial charge on any atom is -0.362 e. The van der Waals surface area contributed by atoms with Crippen LogP contribution >= 0.6 is 0 Å². The molecule has 5 heteroatoms. The second kappa shape index (κ2) is 8.72. The SMILES string of the molecule is CN1CCC(OC(c2cccc(C3=CCNCC3)c2)c2nc3ccccc3[nH]2)CC1. The Balaban J connectivity index is 1.49. The van der Waals surface area contributed by atoms with Crippen molar-refractivity contribution in [3.63, 3.8) is 0 Å². The van der Waals surface area contributed by atoms with Crippen LogP contribution in [0.5, 0.6) is 0 Å². The third-order valence-corrected chi connectivity index (χ3v) is 6.27. The number of H-pyrrole nitrogens is 1. The lowest BCUT2D eigenvalue weighted by Crippen LogP contribution is -2.35. The largest absolute Gasteiger partial charge is 0.362 e. The summed E-state index contributed by atoms with van der Waals surface area (Å²) in [4.78, 5) is 10.8. The zero-order valence-electron chi connectivity index (χ0n) is 17.6. The number of benzene rings is 2. The molecule has 0 spiro atoms. The molecule has 0 saturated carbocycles. The Hall–Kier alpha value is -2.47. The molecule has 3 heterocycles. The van der Waals surface area contributed by atoms with E-state index in [0.29, 0.717) is 0 Å². The summed E-state index contributed by atoms with van der Waals surface area (Å²) in [6.45, 7) is 4.14. The van der Waals surface area contributed by atoms with Gasteiger partial charge >= 0.3 is 0 Å². The summed E-state index contributed by atoms with van der Waals surface area (Å²) < 4.78 is 6.73. The van der Waals surface area contributed by atoms with Gasteiger partial charge in [-0.3, -0.25) is 0 Å². The Morgan fingerprint density at radius 1 is 1.10 bits per heavy atom. The Labute approximate surface area is 178 Å². The van der Waals surface area contributed by atoms with E-state index < -0.39 is 0 Å². The van der Waals surface area contributed by atoms with E-state index in [4.69, 9.17) is 9.72 Å². The number of piperidine rings is 1. The van der Waals surface area contributed by atoms with Crippen LogP contribution in [-0.4, -0.2) is 54.2 Å². The van der Waals surface area contributed by atoms with Crippen molar-refractivity contribution in [1.82, 2.24) is 20.2 Å². The quantitative estimate of drug-likeness (QED) is 0.674. The van der Waals surface area contributed by atoms with Crippen molar-refractivity contribution in [2.45, 2.75) is 31.5 Å². The van der Waals surface area contributed by atoms with Crippen LogP contribution in [0.1, 0.15) is 42.3 Å². The molecule has 0 radical (unpaired) electrons. The number of ether oxygens (including phenoxy) is 1. The van der Waals surface area contributed by atoms with E-state index >= 15 is 0 Å². The van der Waals surface area contributed by atoms with E-state index in [-0.39, 0.29) is 12.2 Å². The smallest absolute Gasteiger partial charge is 0.141 e. The lowest BCUT2D eigenvalue weighted by atomic mass is 9.96.